The van der Waals surface area contributed by atoms with Crippen molar-refractivity contribution in [3.63, 3.8) is 0 Å². The number of hydrogen-bond acceptors (Lipinski definition) is 4. The lowest BCUT2D eigenvalue weighted by Crippen LogP contribution is -2.31. The molecule has 1 saturated heterocycles. The average Bonchev–Trinajstić information content (AvgIpc) is 2.70. The minimum atomic E-state index is -0.402. The summed E-state index contributed by atoms with van der Waals surface area (Å²) in [7, 11) is 0. The van der Waals surface area contributed by atoms with E-state index >= 15 is 0 Å². The van der Waals surface area contributed by atoms with Gasteiger partial charge in [0.2, 0.25) is 5.95 Å². The molecule has 1 aromatic heterocycles. The molecule has 2 heterocycles. The summed E-state index contributed by atoms with van der Waals surface area (Å²) in [5, 5.41) is 3.22. The van der Waals surface area contributed by atoms with Gasteiger partial charge >= 0.3 is 0 Å². The summed E-state index contributed by atoms with van der Waals surface area (Å²) in [5.74, 6) is 0.109. The molecule has 16 heavy (non-hydrogen) atoms. The summed E-state index contributed by atoms with van der Waals surface area (Å²) in [5.41, 5.74) is 0. The first-order valence-electron chi connectivity index (χ1n) is 5.63. The molecule has 0 radical (unpaired) electrons. The van der Waals surface area contributed by atoms with Crippen LogP contribution in [-0.4, -0.2) is 40.0 Å². The van der Waals surface area contributed by atoms with Crippen LogP contribution in [0, 0.1) is 5.82 Å². The van der Waals surface area contributed by atoms with Gasteiger partial charge in [0.1, 0.15) is 0 Å². The van der Waals surface area contributed by atoms with Crippen LogP contribution in [-0.2, 0) is 0 Å². The largest absolute Gasteiger partial charge is 0.350 e. The fourth-order valence-electron chi connectivity index (χ4n) is 1.94. The van der Waals surface area contributed by atoms with E-state index in [1.165, 1.54) is 12.4 Å². The monoisotopic (exact) mass is 224 g/mol. The van der Waals surface area contributed by atoms with Crippen LogP contribution in [0.4, 0.5) is 10.3 Å². The normalized spacial score (nSPS) is 21.6. The summed E-state index contributed by atoms with van der Waals surface area (Å²) in [4.78, 5) is 10.2. The quantitative estimate of drug-likeness (QED) is 0.845. The van der Waals surface area contributed by atoms with E-state index in [0.717, 1.165) is 19.5 Å². The Morgan fingerprint density at radius 3 is 2.69 bits per heavy atom. The summed E-state index contributed by atoms with van der Waals surface area (Å²) < 4.78 is 12.6. The van der Waals surface area contributed by atoms with Gasteiger partial charge in [-0.05, 0) is 20.3 Å². The molecule has 0 aromatic carbocycles. The van der Waals surface area contributed by atoms with Crippen LogP contribution >= 0.6 is 0 Å². The summed E-state index contributed by atoms with van der Waals surface area (Å²) in [6.07, 6.45) is 3.45. The minimum absolute atomic E-state index is 0.368. The first-order chi connectivity index (χ1) is 7.65. The fourth-order valence-corrected chi connectivity index (χ4v) is 1.94. The Bertz CT molecular complexity index is 338. The molecule has 1 atom stereocenters. The van der Waals surface area contributed by atoms with Gasteiger partial charge in [0.05, 0.1) is 12.4 Å². The first kappa shape index (κ1) is 11.3. The third-order valence-corrected chi connectivity index (χ3v) is 2.90. The zero-order valence-corrected chi connectivity index (χ0v) is 9.65. The van der Waals surface area contributed by atoms with Crippen molar-refractivity contribution in [1.29, 1.82) is 0 Å². The summed E-state index contributed by atoms with van der Waals surface area (Å²) >= 11 is 0. The van der Waals surface area contributed by atoms with Gasteiger partial charge < -0.3 is 5.32 Å². The summed E-state index contributed by atoms with van der Waals surface area (Å²) in [6, 6.07) is 0.939. The molecule has 4 nitrogen and oxygen atoms in total. The Balaban J connectivity index is 1.89. The smallest absolute Gasteiger partial charge is 0.223 e. The fraction of sp³-hybridized carbons (Fsp3) is 0.636. The van der Waals surface area contributed by atoms with E-state index in [2.05, 4.69) is 34.0 Å². The highest BCUT2D eigenvalue weighted by Crippen LogP contribution is 2.15. The van der Waals surface area contributed by atoms with E-state index in [4.69, 9.17) is 0 Å². The van der Waals surface area contributed by atoms with Gasteiger partial charge in [0.15, 0.2) is 5.82 Å². The number of nitrogens with one attached hydrogen (secondary N) is 1. The maximum Gasteiger partial charge on any atom is 0.223 e. The van der Waals surface area contributed by atoms with Crippen LogP contribution < -0.4 is 5.32 Å². The Morgan fingerprint density at radius 1 is 1.44 bits per heavy atom. The minimum Gasteiger partial charge on any atom is -0.350 e. The molecular weight excluding hydrogens is 207 g/mol. The second kappa shape index (κ2) is 4.74. The highest BCUT2D eigenvalue weighted by atomic mass is 19.1. The van der Waals surface area contributed by atoms with Crippen LogP contribution in [0.5, 0.6) is 0 Å². The predicted octanol–water partition coefficient (Wildman–Crippen LogP) is 1.51. The molecule has 0 spiro atoms. The van der Waals surface area contributed by atoms with E-state index < -0.39 is 5.82 Å². The second-order valence-corrected chi connectivity index (χ2v) is 4.44. The van der Waals surface area contributed by atoms with Gasteiger partial charge in [-0.25, -0.2) is 14.4 Å². The van der Waals surface area contributed by atoms with Crippen molar-refractivity contribution in [1.82, 2.24) is 14.9 Å². The predicted molar refractivity (Wildman–Crippen MR) is 60.7 cm³/mol. The van der Waals surface area contributed by atoms with Crippen LogP contribution in [0.3, 0.4) is 0 Å². The Morgan fingerprint density at radius 2 is 2.12 bits per heavy atom. The molecule has 1 aliphatic heterocycles. The van der Waals surface area contributed by atoms with Crippen molar-refractivity contribution < 1.29 is 4.39 Å². The van der Waals surface area contributed by atoms with Crippen molar-refractivity contribution >= 4 is 5.95 Å². The van der Waals surface area contributed by atoms with Crippen molar-refractivity contribution in [2.75, 3.05) is 18.4 Å². The molecule has 1 unspecified atom stereocenters. The van der Waals surface area contributed by atoms with E-state index in [1.54, 1.807) is 0 Å². The Labute approximate surface area is 94.9 Å². The molecule has 0 amide bonds. The zero-order chi connectivity index (χ0) is 11.5. The molecule has 1 N–H and O–H groups in total. The number of hydrogen-bond donors (Lipinski definition) is 1. The standard InChI is InChI=1S/C11H17FN4/c1-8(2)16-4-3-10(7-16)15-11-13-5-9(12)6-14-11/h5-6,8,10H,3-4,7H2,1-2H3,(H,13,14,15). The van der Waals surface area contributed by atoms with Gasteiger partial charge in [-0.3, -0.25) is 4.90 Å². The molecule has 0 saturated carbocycles. The number of nitrogens with zero attached hydrogens (tertiary/aromatic N) is 3. The second-order valence-electron chi connectivity index (χ2n) is 4.44. The van der Waals surface area contributed by atoms with Crippen LogP contribution in [0.15, 0.2) is 12.4 Å². The maximum atomic E-state index is 12.6. The van der Waals surface area contributed by atoms with E-state index in [-0.39, 0.29) is 0 Å². The molecule has 5 heteroatoms. The average molecular weight is 224 g/mol. The van der Waals surface area contributed by atoms with Gasteiger partial charge in [0, 0.05) is 25.2 Å². The van der Waals surface area contributed by atoms with Crippen molar-refractivity contribution in [2.45, 2.75) is 32.4 Å². The van der Waals surface area contributed by atoms with Gasteiger partial charge in [0.25, 0.3) is 0 Å². The molecule has 2 rings (SSSR count). The summed E-state index contributed by atoms with van der Waals surface area (Å²) in [6.45, 7) is 6.47. The number of halogens is 1. The molecular formula is C11H17FN4. The van der Waals surface area contributed by atoms with E-state index in [9.17, 15) is 4.39 Å². The topological polar surface area (TPSA) is 41.0 Å². The zero-order valence-electron chi connectivity index (χ0n) is 9.65. The first-order valence-corrected chi connectivity index (χ1v) is 5.63. The van der Waals surface area contributed by atoms with E-state index in [1.807, 2.05) is 0 Å². The van der Waals surface area contributed by atoms with Crippen molar-refractivity contribution in [3.8, 4) is 0 Å². The molecule has 0 aliphatic carbocycles. The van der Waals surface area contributed by atoms with Crippen LogP contribution in [0.1, 0.15) is 20.3 Å². The third-order valence-electron chi connectivity index (χ3n) is 2.90. The Hall–Kier alpha value is -1.23. The number of likely N-dealkylation sites (tertiary alicyclic amines) is 1. The molecule has 0 bridgehead atoms. The SMILES string of the molecule is CC(C)N1CCC(Nc2ncc(F)cn2)C1. The third kappa shape index (κ3) is 2.66. The molecule has 1 aliphatic rings. The van der Waals surface area contributed by atoms with Gasteiger partial charge in [-0.15, -0.1) is 0 Å². The lowest BCUT2D eigenvalue weighted by atomic mass is 10.3. The number of anilines is 1. The van der Waals surface area contributed by atoms with E-state index in [0.29, 0.717) is 18.0 Å². The van der Waals surface area contributed by atoms with Crippen molar-refractivity contribution in [2.24, 2.45) is 0 Å². The number of aromatic nitrogens is 2. The van der Waals surface area contributed by atoms with Gasteiger partial charge in [-0.1, -0.05) is 0 Å². The van der Waals surface area contributed by atoms with Gasteiger partial charge in [-0.2, -0.15) is 0 Å². The van der Waals surface area contributed by atoms with Crippen LogP contribution in [0.25, 0.3) is 0 Å². The molecule has 1 aromatic rings. The highest BCUT2D eigenvalue weighted by Gasteiger charge is 2.24. The lowest BCUT2D eigenvalue weighted by molar-refractivity contribution is 0.274. The highest BCUT2D eigenvalue weighted by molar-refractivity contribution is 5.25. The molecule has 1 fully saturated rings. The number of rotatable bonds is 3. The lowest BCUT2D eigenvalue weighted by Gasteiger charge is -2.20. The van der Waals surface area contributed by atoms with Crippen molar-refractivity contribution in [3.05, 3.63) is 18.2 Å². The molecule has 88 valence electrons. The Kier molecular flexibility index (Phi) is 3.33. The maximum absolute atomic E-state index is 12.6. The van der Waals surface area contributed by atoms with Crippen LogP contribution in [0.2, 0.25) is 0 Å².